The average Bonchev–Trinajstić information content (AvgIpc) is 2.73. The van der Waals surface area contributed by atoms with Crippen LogP contribution in [0, 0.1) is 0 Å². The number of hydrogen-bond donors (Lipinski definition) is 1. The van der Waals surface area contributed by atoms with E-state index in [9.17, 15) is 4.79 Å². The molecule has 0 bridgehead atoms. The van der Waals surface area contributed by atoms with Crippen LogP contribution in [0.1, 0.15) is 32.7 Å². The number of hydrogen-bond acceptors (Lipinski definition) is 3. The maximum absolute atomic E-state index is 11.8. The van der Waals surface area contributed by atoms with Crippen molar-refractivity contribution in [2.24, 2.45) is 5.73 Å². The minimum Gasteiger partial charge on any atom is -0.366 e. The molecule has 0 aliphatic heterocycles. The molecule has 0 aliphatic rings. The van der Waals surface area contributed by atoms with Crippen LogP contribution in [0.25, 0.3) is 10.9 Å². The molecule has 0 atom stereocenters. The van der Waals surface area contributed by atoms with Gasteiger partial charge in [0.1, 0.15) is 0 Å². The number of pyridine rings is 2. The van der Waals surface area contributed by atoms with Crippen molar-refractivity contribution < 1.29 is 4.79 Å². The minimum absolute atomic E-state index is 0.433. The zero-order valence-corrected chi connectivity index (χ0v) is 15.5. The molecule has 2 heterocycles. The fourth-order valence-corrected chi connectivity index (χ4v) is 3.43. The summed E-state index contributed by atoms with van der Waals surface area (Å²) >= 11 is 0. The Morgan fingerprint density at radius 2 is 1.71 bits per heavy atom. The Balaban J connectivity index is 1.59. The van der Waals surface area contributed by atoms with E-state index in [-0.39, 0.29) is 0 Å². The van der Waals surface area contributed by atoms with Crippen LogP contribution >= 0.6 is 0 Å². The fraction of sp³-hybridized carbons (Fsp3) is 0.125. The van der Waals surface area contributed by atoms with Crippen LogP contribution in [-0.4, -0.2) is 15.9 Å². The molecule has 138 valence electrons. The number of carbonyl (C=O) groups is 1. The Kier molecular flexibility index (Phi) is 5.11. The predicted octanol–water partition coefficient (Wildman–Crippen LogP) is 4.10. The number of nitrogens with two attached hydrogens (primary N) is 1. The molecule has 2 aromatic heterocycles. The third-order valence-electron chi connectivity index (χ3n) is 4.89. The van der Waals surface area contributed by atoms with E-state index >= 15 is 0 Å². The number of benzene rings is 2. The van der Waals surface area contributed by atoms with Crippen molar-refractivity contribution in [1.29, 1.82) is 0 Å². The number of fused-ring (bicyclic) bond motifs is 1. The zero-order chi connectivity index (χ0) is 19.3. The lowest BCUT2D eigenvalue weighted by Gasteiger charge is -2.10. The Labute approximate surface area is 164 Å². The van der Waals surface area contributed by atoms with E-state index in [1.807, 2.05) is 36.4 Å². The van der Waals surface area contributed by atoms with E-state index in [1.54, 1.807) is 12.4 Å². The van der Waals surface area contributed by atoms with Gasteiger partial charge < -0.3 is 5.73 Å². The second-order valence-corrected chi connectivity index (χ2v) is 6.89. The van der Waals surface area contributed by atoms with Gasteiger partial charge in [0.2, 0.25) is 0 Å². The zero-order valence-electron chi connectivity index (χ0n) is 15.5. The molecule has 1 amide bonds. The van der Waals surface area contributed by atoms with Crippen molar-refractivity contribution in [2.75, 3.05) is 0 Å². The highest BCUT2D eigenvalue weighted by molar-refractivity contribution is 5.94. The van der Waals surface area contributed by atoms with Gasteiger partial charge in [0, 0.05) is 29.9 Å². The summed E-state index contributed by atoms with van der Waals surface area (Å²) in [7, 11) is 0. The monoisotopic (exact) mass is 367 g/mol. The van der Waals surface area contributed by atoms with Crippen LogP contribution in [0.4, 0.5) is 0 Å². The summed E-state index contributed by atoms with van der Waals surface area (Å²) in [6.07, 6.45) is 5.69. The van der Waals surface area contributed by atoms with Crippen LogP contribution in [0.2, 0.25) is 0 Å². The average molecular weight is 367 g/mol. The number of carbonyl (C=O) groups excluding carboxylic acids is 1. The Bertz CT molecular complexity index is 1120. The Hall–Kier alpha value is -3.53. The number of nitrogens with zero attached hydrogens (tertiary/aromatic N) is 2. The molecular weight excluding hydrogens is 346 g/mol. The normalized spacial score (nSPS) is 10.9. The maximum Gasteiger partial charge on any atom is 0.250 e. The van der Waals surface area contributed by atoms with E-state index in [1.165, 1.54) is 5.56 Å². The number of amides is 1. The number of aromatic nitrogens is 2. The van der Waals surface area contributed by atoms with Crippen LogP contribution < -0.4 is 5.73 Å². The minimum atomic E-state index is -0.433. The number of primary amides is 1. The lowest BCUT2D eigenvalue weighted by molar-refractivity contribution is 0.0999. The molecule has 0 fully saturated rings. The molecule has 0 radical (unpaired) electrons. The topological polar surface area (TPSA) is 68.9 Å². The Morgan fingerprint density at radius 1 is 0.857 bits per heavy atom. The van der Waals surface area contributed by atoms with Crippen molar-refractivity contribution in [3.05, 3.63) is 107 Å². The van der Waals surface area contributed by atoms with Crippen LogP contribution in [0.3, 0.4) is 0 Å². The van der Waals surface area contributed by atoms with Crippen molar-refractivity contribution in [3.63, 3.8) is 0 Å². The van der Waals surface area contributed by atoms with Crippen LogP contribution in [-0.2, 0) is 19.3 Å². The molecule has 0 aliphatic carbocycles. The van der Waals surface area contributed by atoms with Gasteiger partial charge in [-0.2, -0.15) is 0 Å². The first-order valence-corrected chi connectivity index (χ1v) is 9.34. The van der Waals surface area contributed by atoms with Crippen molar-refractivity contribution in [2.45, 2.75) is 19.3 Å². The van der Waals surface area contributed by atoms with E-state index in [0.717, 1.165) is 40.6 Å². The Morgan fingerprint density at radius 3 is 2.54 bits per heavy atom. The van der Waals surface area contributed by atoms with Crippen molar-refractivity contribution >= 4 is 16.8 Å². The SMILES string of the molecule is NC(=O)c1cnc(Cc2ccc3cccnc3c2)cc1CCc1ccccc1. The van der Waals surface area contributed by atoms with Gasteiger partial charge in [-0.1, -0.05) is 48.5 Å². The van der Waals surface area contributed by atoms with Crippen molar-refractivity contribution in [1.82, 2.24) is 9.97 Å². The van der Waals surface area contributed by atoms with Gasteiger partial charge in [0.15, 0.2) is 0 Å². The lowest BCUT2D eigenvalue weighted by atomic mass is 9.98. The van der Waals surface area contributed by atoms with Gasteiger partial charge in [0.05, 0.1) is 11.1 Å². The van der Waals surface area contributed by atoms with Crippen molar-refractivity contribution in [3.8, 4) is 0 Å². The third-order valence-corrected chi connectivity index (χ3v) is 4.89. The first kappa shape index (κ1) is 17.9. The number of rotatable bonds is 6. The standard InChI is InChI=1S/C24H21N3O/c25-24(28)22-16-27-21(15-20(22)11-8-17-5-2-1-3-6-17)13-18-9-10-19-7-4-12-26-23(19)14-18/h1-7,9-10,12,14-16H,8,11,13H2,(H2,25,28). The van der Waals surface area contributed by atoms with Gasteiger partial charge in [-0.3, -0.25) is 14.8 Å². The molecule has 4 aromatic rings. The largest absolute Gasteiger partial charge is 0.366 e. The van der Waals surface area contributed by atoms with Crippen LogP contribution in [0.5, 0.6) is 0 Å². The highest BCUT2D eigenvalue weighted by Gasteiger charge is 2.11. The summed E-state index contributed by atoms with van der Waals surface area (Å²) in [4.78, 5) is 20.7. The second-order valence-electron chi connectivity index (χ2n) is 6.89. The molecule has 4 nitrogen and oxygen atoms in total. The van der Waals surface area contributed by atoms with Gasteiger partial charge in [-0.15, -0.1) is 0 Å². The first-order chi connectivity index (χ1) is 13.7. The summed E-state index contributed by atoms with van der Waals surface area (Å²) in [5.74, 6) is -0.433. The number of aryl methyl sites for hydroxylation is 2. The summed E-state index contributed by atoms with van der Waals surface area (Å²) in [6, 6.07) is 22.5. The summed E-state index contributed by atoms with van der Waals surface area (Å²) < 4.78 is 0. The van der Waals surface area contributed by atoms with E-state index in [0.29, 0.717) is 12.0 Å². The first-order valence-electron chi connectivity index (χ1n) is 9.34. The molecule has 2 aromatic carbocycles. The smallest absolute Gasteiger partial charge is 0.250 e. The summed E-state index contributed by atoms with van der Waals surface area (Å²) in [5, 5.41) is 1.12. The highest BCUT2D eigenvalue weighted by atomic mass is 16.1. The van der Waals surface area contributed by atoms with Gasteiger partial charge >= 0.3 is 0 Å². The molecule has 2 N–H and O–H groups in total. The summed E-state index contributed by atoms with van der Waals surface area (Å²) in [5.41, 5.74) is 11.3. The molecule has 4 rings (SSSR count). The quantitative estimate of drug-likeness (QED) is 0.558. The fourth-order valence-electron chi connectivity index (χ4n) is 3.43. The van der Waals surface area contributed by atoms with Crippen LogP contribution in [0.15, 0.2) is 79.1 Å². The van der Waals surface area contributed by atoms with E-state index in [4.69, 9.17) is 5.73 Å². The van der Waals surface area contributed by atoms with E-state index < -0.39 is 5.91 Å². The molecule has 0 saturated carbocycles. The lowest BCUT2D eigenvalue weighted by Crippen LogP contribution is -2.15. The molecule has 4 heteroatoms. The van der Waals surface area contributed by atoms with Gasteiger partial charge in [0.25, 0.3) is 5.91 Å². The molecule has 0 saturated heterocycles. The predicted molar refractivity (Wildman–Crippen MR) is 111 cm³/mol. The molecule has 0 spiro atoms. The second kappa shape index (κ2) is 8.01. The molecular formula is C24H21N3O. The molecule has 28 heavy (non-hydrogen) atoms. The molecule has 0 unspecified atom stereocenters. The maximum atomic E-state index is 11.8. The van der Waals surface area contributed by atoms with E-state index in [2.05, 4.69) is 40.3 Å². The van der Waals surface area contributed by atoms with Gasteiger partial charge in [-0.25, -0.2) is 0 Å². The third kappa shape index (κ3) is 4.07. The summed E-state index contributed by atoms with van der Waals surface area (Å²) in [6.45, 7) is 0. The van der Waals surface area contributed by atoms with Gasteiger partial charge in [-0.05, 0) is 47.7 Å². The highest BCUT2D eigenvalue weighted by Crippen LogP contribution is 2.18.